The van der Waals surface area contributed by atoms with Crippen molar-refractivity contribution in [2.45, 2.75) is 218 Å². The van der Waals surface area contributed by atoms with Gasteiger partial charge >= 0.3 is 17.9 Å². The van der Waals surface area contributed by atoms with Gasteiger partial charge in [-0.2, -0.15) is 0 Å². The summed E-state index contributed by atoms with van der Waals surface area (Å²) in [5.74, 6) is -2.83. The van der Waals surface area contributed by atoms with Gasteiger partial charge in [-0.25, -0.2) is 14.4 Å². The highest BCUT2D eigenvalue weighted by atomic mass is 16.8. The van der Waals surface area contributed by atoms with Gasteiger partial charge in [0.2, 0.25) is 0 Å². The average molecular weight is 1160 g/mol. The molecule has 0 unspecified atom stereocenters. The van der Waals surface area contributed by atoms with Crippen molar-refractivity contribution in [2.24, 2.45) is 50.2 Å². The number of ether oxygens (including phenoxy) is 9. The van der Waals surface area contributed by atoms with Crippen molar-refractivity contribution in [1.29, 1.82) is 0 Å². The number of rotatable bonds is 13. The fourth-order valence-electron chi connectivity index (χ4n) is 16.6. The number of carbonyl (C=O) groups is 3. The highest BCUT2D eigenvalue weighted by Crippen LogP contribution is 2.76. The second-order valence-electron chi connectivity index (χ2n) is 26.6. The van der Waals surface area contributed by atoms with Crippen molar-refractivity contribution >= 4 is 17.9 Å². The van der Waals surface area contributed by atoms with E-state index in [4.69, 9.17) is 42.6 Å². The molecule has 25 atom stereocenters. The number of esters is 3. The van der Waals surface area contributed by atoms with Gasteiger partial charge in [-0.05, 0) is 110 Å². The fraction of sp³-hybridized carbons (Fsp3) is 0.783. The third-order valence-corrected chi connectivity index (χ3v) is 21.7. The summed E-state index contributed by atoms with van der Waals surface area (Å²) in [6.07, 6.45) is -21.4. The molecule has 9 rings (SSSR count). The maximum absolute atomic E-state index is 13.9. The SMILES string of the molecule is CC=C(C)C(=O)O[C@H]1[C@H](OC(=O)c2ccccc2)C(C)(C)C[C@H]2C3=CC[C@@H]4[C@@]5(C)CC[C@H](O[C@@H]6O[C@H](C(=O)OC)[C@@H](O)[C@H](O[C@@H]7OC[C@@H](O)[C@H](O)[C@H]7O)[C@H]6O[C@@H]6O[C@H](CO)[C@H](O)[C@H](O)[C@H]6O)C(C)(C)[C@@H]5CC[C@@]4(C)[C@]3(C)C[C@@H](O)[C@]21CO. The Kier molecular flexibility index (Phi) is 17.9. The van der Waals surface area contributed by atoms with Gasteiger partial charge in [-0.3, -0.25) is 0 Å². The number of allylic oxidation sites excluding steroid dienone is 3. The quantitative estimate of drug-likeness (QED) is 0.0442. The molecule has 22 heteroatoms. The van der Waals surface area contributed by atoms with E-state index >= 15 is 0 Å². The van der Waals surface area contributed by atoms with Crippen molar-refractivity contribution in [2.75, 3.05) is 26.9 Å². The van der Waals surface area contributed by atoms with Crippen molar-refractivity contribution in [1.82, 2.24) is 0 Å². The van der Waals surface area contributed by atoms with E-state index in [1.54, 1.807) is 50.3 Å². The van der Waals surface area contributed by atoms with Gasteiger partial charge in [0.25, 0.3) is 0 Å². The van der Waals surface area contributed by atoms with Crippen LogP contribution in [0.4, 0.5) is 0 Å². The molecule has 4 saturated carbocycles. The third kappa shape index (κ3) is 10.2. The van der Waals surface area contributed by atoms with Gasteiger partial charge in [0.05, 0.1) is 50.1 Å². The monoisotopic (exact) mass is 1160 g/mol. The second-order valence-corrected chi connectivity index (χ2v) is 26.6. The van der Waals surface area contributed by atoms with Gasteiger partial charge in [-0.15, -0.1) is 0 Å². The predicted octanol–water partition coefficient (Wildman–Crippen LogP) is 1.73. The Morgan fingerprint density at radius 2 is 1.39 bits per heavy atom. The van der Waals surface area contributed by atoms with Crippen molar-refractivity contribution in [3.63, 3.8) is 0 Å². The lowest BCUT2D eigenvalue weighted by Crippen LogP contribution is -2.72. The van der Waals surface area contributed by atoms with Crippen molar-refractivity contribution in [3.8, 4) is 0 Å². The lowest BCUT2D eigenvalue weighted by Gasteiger charge is -2.72. The summed E-state index contributed by atoms with van der Waals surface area (Å²) in [5.41, 5.74) is -2.75. The molecule has 82 heavy (non-hydrogen) atoms. The van der Waals surface area contributed by atoms with Gasteiger partial charge in [0.15, 0.2) is 31.1 Å². The summed E-state index contributed by atoms with van der Waals surface area (Å²) in [7, 11) is 1.08. The first kappa shape index (κ1) is 63.0. The van der Waals surface area contributed by atoms with E-state index in [1.165, 1.54) is 0 Å². The number of fused-ring (bicyclic) bond motifs is 7. The van der Waals surface area contributed by atoms with Gasteiger partial charge in [-0.1, -0.05) is 84.4 Å². The highest BCUT2D eigenvalue weighted by Gasteiger charge is 2.74. The van der Waals surface area contributed by atoms with Gasteiger partial charge < -0.3 is 93.7 Å². The Morgan fingerprint density at radius 1 is 0.720 bits per heavy atom. The molecule has 3 saturated heterocycles. The lowest BCUT2D eigenvalue weighted by molar-refractivity contribution is -0.392. The third-order valence-electron chi connectivity index (χ3n) is 21.7. The molecule has 0 spiro atoms. The van der Waals surface area contributed by atoms with Crippen LogP contribution >= 0.6 is 0 Å². The first-order valence-corrected chi connectivity index (χ1v) is 29.0. The molecule has 0 radical (unpaired) electrons. The van der Waals surface area contributed by atoms with Crippen LogP contribution in [0.2, 0.25) is 0 Å². The molecule has 5 aliphatic carbocycles. The van der Waals surface area contributed by atoms with Crippen LogP contribution in [0, 0.1) is 50.2 Å². The molecule has 0 amide bonds. The van der Waals surface area contributed by atoms with Gasteiger partial charge in [0.1, 0.15) is 67.1 Å². The molecule has 22 nitrogen and oxygen atoms in total. The van der Waals surface area contributed by atoms with E-state index < -0.39 is 181 Å². The summed E-state index contributed by atoms with van der Waals surface area (Å²) in [6.45, 7) is 16.4. The number of aliphatic hydroxyl groups excluding tert-OH is 10. The van der Waals surface area contributed by atoms with Crippen LogP contribution in [0.3, 0.4) is 0 Å². The van der Waals surface area contributed by atoms with Gasteiger partial charge in [0, 0.05) is 11.0 Å². The molecule has 460 valence electrons. The van der Waals surface area contributed by atoms with Crippen LogP contribution in [0.1, 0.15) is 118 Å². The molecule has 0 bridgehead atoms. The number of hydrogen-bond donors (Lipinski definition) is 10. The molecular formula is C60H88O22. The van der Waals surface area contributed by atoms with Crippen LogP contribution in [-0.4, -0.2) is 206 Å². The molecule has 8 aliphatic rings. The van der Waals surface area contributed by atoms with E-state index in [9.17, 15) is 65.4 Å². The molecule has 10 N–H and O–H groups in total. The fourth-order valence-corrected chi connectivity index (χ4v) is 16.6. The minimum absolute atomic E-state index is 0.0318. The van der Waals surface area contributed by atoms with Crippen LogP contribution in [-0.2, 0) is 52.2 Å². The first-order valence-electron chi connectivity index (χ1n) is 29.0. The standard InChI is InChI=1S/C60H88O22/c1-11-28(2)49(71)82-48-47(81-50(72)29-15-13-12-14-16-29)55(3,4)23-31-30-17-18-35-57(7)21-20-37(56(5,6)34(57)19-22-58(35,8)59(30,9)24-36(64)60(31,48)27-62)77-54-46(80-53-42(69)40(67)39(66)33(25-61)76-53)44(43(70)45(79-54)51(73)74-10)78-52-41(68)38(65)32(63)26-75-52/h11-17,31-48,52-54,61-70H,18-27H2,1-10H3/t31-,32+,33+,34-,35+,36+,37-,38-,39-,40-,41+,42+,43-,44-,45-,46+,47-,48-,52-,53-,54+,57-,58+,59+,60-/m0/s1. The summed E-state index contributed by atoms with van der Waals surface area (Å²) in [6, 6.07) is 8.53. The minimum Gasteiger partial charge on any atom is -0.467 e. The predicted molar refractivity (Wildman–Crippen MR) is 286 cm³/mol. The summed E-state index contributed by atoms with van der Waals surface area (Å²) in [4.78, 5) is 41.4. The van der Waals surface area contributed by atoms with E-state index in [0.717, 1.165) is 12.7 Å². The summed E-state index contributed by atoms with van der Waals surface area (Å²) >= 11 is 0. The number of methoxy groups -OCH3 is 1. The Morgan fingerprint density at radius 3 is 2.04 bits per heavy atom. The van der Waals surface area contributed by atoms with Crippen molar-refractivity contribution < 1.29 is 108 Å². The number of aliphatic hydroxyl groups is 10. The zero-order valence-corrected chi connectivity index (χ0v) is 48.6. The average Bonchev–Trinajstić information content (AvgIpc) is 0.792. The summed E-state index contributed by atoms with van der Waals surface area (Å²) in [5, 5.41) is 112. The van der Waals surface area contributed by atoms with Crippen LogP contribution < -0.4 is 0 Å². The van der Waals surface area contributed by atoms with E-state index in [1.807, 2.05) is 13.8 Å². The molecule has 3 aliphatic heterocycles. The smallest absolute Gasteiger partial charge is 0.338 e. The maximum Gasteiger partial charge on any atom is 0.338 e. The van der Waals surface area contributed by atoms with Crippen LogP contribution in [0.15, 0.2) is 53.6 Å². The minimum atomic E-state index is -1.98. The Balaban J connectivity index is 1.04. The first-order chi connectivity index (χ1) is 38.5. The molecule has 1 aromatic rings. The Bertz CT molecular complexity index is 2540. The van der Waals surface area contributed by atoms with Crippen molar-refractivity contribution in [3.05, 3.63) is 59.2 Å². The Labute approximate surface area is 478 Å². The highest BCUT2D eigenvalue weighted by molar-refractivity contribution is 5.90. The van der Waals surface area contributed by atoms with E-state index in [0.29, 0.717) is 49.7 Å². The van der Waals surface area contributed by atoms with E-state index in [-0.39, 0.29) is 23.7 Å². The second kappa shape index (κ2) is 23.3. The van der Waals surface area contributed by atoms with Crippen LogP contribution in [0.5, 0.6) is 0 Å². The molecule has 3 heterocycles. The number of benzene rings is 1. The number of hydrogen-bond acceptors (Lipinski definition) is 22. The zero-order valence-electron chi connectivity index (χ0n) is 48.6. The zero-order chi connectivity index (χ0) is 60.0. The van der Waals surface area contributed by atoms with Crippen LogP contribution in [0.25, 0.3) is 0 Å². The van der Waals surface area contributed by atoms with E-state index in [2.05, 4.69) is 40.7 Å². The summed E-state index contributed by atoms with van der Waals surface area (Å²) < 4.78 is 55.0. The molecular weight excluding hydrogens is 1070 g/mol. The normalized spacial score (nSPS) is 47.0. The maximum atomic E-state index is 13.9. The Hall–Kier alpha value is -3.53. The molecule has 7 fully saturated rings. The largest absolute Gasteiger partial charge is 0.467 e. The lowest BCUT2D eigenvalue weighted by atomic mass is 9.33. The topological polar surface area (TPSA) is 337 Å². The molecule has 1 aromatic carbocycles. The number of carbonyl (C=O) groups excluding carboxylic acids is 3. The molecule has 0 aromatic heterocycles.